The van der Waals surface area contributed by atoms with Crippen molar-refractivity contribution >= 4 is 57.9 Å². The maximum Gasteiger partial charge on any atom is 0.166 e. The molecule has 0 spiro atoms. The number of para-hydroxylation sites is 2. The number of nitrogens with zero attached hydrogens (tertiary/aromatic N) is 13. The molecular weight excluding hydrogens is 2000 g/mol. The van der Waals surface area contributed by atoms with Gasteiger partial charge in [-0.05, 0) is 119 Å². The first-order chi connectivity index (χ1) is 38.9. The Hall–Kier alpha value is -6.80. The number of aliphatic imine (C=N–C) groups is 1. The fourth-order valence-electron chi connectivity index (χ4n) is 6.91. The van der Waals surface area contributed by atoms with Crippen molar-refractivity contribution < 1.29 is 129 Å². The van der Waals surface area contributed by atoms with Gasteiger partial charge in [-0.15, -0.1) is 15.5 Å². The van der Waals surface area contributed by atoms with Crippen LogP contribution in [0.5, 0.6) is 5.75 Å². The Morgan fingerprint density at radius 3 is 1.55 bits per heavy atom. The van der Waals surface area contributed by atoms with Crippen molar-refractivity contribution in [2.45, 2.75) is 38.8 Å². The van der Waals surface area contributed by atoms with Crippen LogP contribution in [0.25, 0.3) is 60.3 Å². The molecule has 0 bridgehead atoms. The van der Waals surface area contributed by atoms with Crippen molar-refractivity contribution in [1.29, 1.82) is 0 Å². The number of benzene rings is 3. The van der Waals surface area contributed by atoms with Crippen LogP contribution in [-0.4, -0.2) is 69.5 Å². The van der Waals surface area contributed by atoms with Gasteiger partial charge in [0, 0.05) is 159 Å². The number of amides is 3. The number of rotatable bonds is 10. The van der Waals surface area contributed by atoms with Gasteiger partial charge in [-0.1, -0.05) is 149 Å². The molecule has 0 saturated heterocycles. The van der Waals surface area contributed by atoms with E-state index in [4.69, 9.17) is 9.22 Å². The minimum absolute atomic E-state index is 0. The molecular formula is C61H50N13O5Pt5S-5. The van der Waals surface area contributed by atoms with E-state index >= 15 is 0 Å². The summed E-state index contributed by atoms with van der Waals surface area (Å²) in [4.78, 5) is 81.9. The Labute approximate surface area is 567 Å². The van der Waals surface area contributed by atoms with E-state index in [0.29, 0.717) is 35.0 Å². The van der Waals surface area contributed by atoms with Gasteiger partial charge in [0.2, 0.25) is 0 Å². The summed E-state index contributed by atoms with van der Waals surface area (Å²) in [5.41, 5.74) is 6.49. The fourth-order valence-corrected chi connectivity index (χ4v) is 7.22. The molecule has 0 saturated carbocycles. The maximum atomic E-state index is 11.6. The van der Waals surface area contributed by atoms with Crippen LogP contribution in [-0.2, 0) is 110 Å². The number of hydrogen-bond donors (Lipinski definition) is 0. The summed E-state index contributed by atoms with van der Waals surface area (Å²) in [6.45, 7) is 8.41. The van der Waals surface area contributed by atoms with Gasteiger partial charge in [0.1, 0.15) is 11.8 Å². The molecule has 0 atom stereocenters. The van der Waals surface area contributed by atoms with Crippen molar-refractivity contribution in [2.75, 3.05) is 0 Å². The number of imidazole rings is 1. The van der Waals surface area contributed by atoms with E-state index in [1.54, 1.807) is 110 Å². The number of imide groups is 1. The van der Waals surface area contributed by atoms with Gasteiger partial charge >= 0.3 is 0 Å². The van der Waals surface area contributed by atoms with Gasteiger partial charge in [0.25, 0.3) is 0 Å². The Kier molecular flexibility index (Phi) is 31.5. The number of carbonyl (C=O) groups is 3. The van der Waals surface area contributed by atoms with Crippen molar-refractivity contribution in [2.24, 2.45) is 4.99 Å². The van der Waals surface area contributed by atoms with Crippen molar-refractivity contribution in [3.05, 3.63) is 269 Å². The van der Waals surface area contributed by atoms with Crippen LogP contribution in [0.1, 0.15) is 64.7 Å². The van der Waals surface area contributed by atoms with E-state index in [2.05, 4.69) is 105 Å². The Bertz CT molecular complexity index is 3530. The predicted molar refractivity (Wildman–Crippen MR) is 309 cm³/mol. The second kappa shape index (κ2) is 36.9. The van der Waals surface area contributed by atoms with E-state index in [9.17, 15) is 14.4 Å². The summed E-state index contributed by atoms with van der Waals surface area (Å²) in [5.74, 6) is 0.276. The first-order valence-corrected chi connectivity index (χ1v) is 25.5. The molecule has 1 aliphatic heterocycles. The molecule has 18 nitrogen and oxygen atoms in total. The zero-order valence-corrected chi connectivity index (χ0v) is 57.5. The van der Waals surface area contributed by atoms with Gasteiger partial charge in [0.05, 0.1) is 28.7 Å². The quantitative estimate of drug-likeness (QED) is 0.0309. The fraction of sp³-hybridized carbons (Fsp3) is 0.0984. The summed E-state index contributed by atoms with van der Waals surface area (Å²) in [5, 5.41) is 9.27. The molecule has 0 unspecified atom stereocenters. The first-order valence-electron chi connectivity index (χ1n) is 24.8. The third kappa shape index (κ3) is 21.9. The van der Waals surface area contributed by atoms with E-state index in [1.807, 2.05) is 91.0 Å². The molecule has 85 heavy (non-hydrogen) atoms. The van der Waals surface area contributed by atoms with E-state index < -0.39 is 17.7 Å². The molecule has 24 heteroatoms. The summed E-state index contributed by atoms with van der Waals surface area (Å²) in [6.07, 6.45) is 9.99. The third-order valence-electron chi connectivity index (χ3n) is 11.7. The average Bonchev–Trinajstić information content (AvgIpc) is 4.43. The summed E-state index contributed by atoms with van der Waals surface area (Å²) >= 11 is 0.564. The number of fused-ring (bicyclic) bond motifs is 2. The van der Waals surface area contributed by atoms with Crippen LogP contribution in [0, 0.1) is 0 Å². The SMILES string of the molecule is CC1(C)N=C(c2ccccn2)[N-]C1(C)C.O=C([N-]C(=O)c1ccccn1)c1ccccc1.O=C([N-]SOOc1ccccc1)c1ccccn1.[Pt].[Pt].[Pt].[Pt].[Pt].c1ccc(-c2cc3ccccc3[n-]2)nc1.c1ccc(-c2nc3cccnc3[n-]2)nc1. The Morgan fingerprint density at radius 1 is 0.494 bits per heavy atom. The van der Waals surface area contributed by atoms with E-state index in [-0.39, 0.29) is 128 Å². The maximum absolute atomic E-state index is 11.6. The molecule has 11 aromatic rings. The summed E-state index contributed by atoms with van der Waals surface area (Å²) in [7, 11) is 0. The minimum Gasteiger partial charge on any atom is -0.656 e. The van der Waals surface area contributed by atoms with Crippen LogP contribution in [0.4, 0.5) is 0 Å². The van der Waals surface area contributed by atoms with Crippen LogP contribution in [0.3, 0.4) is 0 Å². The molecule has 450 valence electrons. The van der Waals surface area contributed by atoms with Gasteiger partial charge in [-0.25, -0.2) is 0 Å². The number of hydrogen-bond acceptors (Lipinski definition) is 14. The summed E-state index contributed by atoms with van der Waals surface area (Å²) in [6, 6.07) is 58.5. The number of amidine groups is 1. The number of pyridine rings is 6. The zero-order chi connectivity index (χ0) is 56.0. The molecule has 3 aromatic carbocycles. The second-order valence-corrected chi connectivity index (χ2v) is 18.3. The van der Waals surface area contributed by atoms with Crippen LogP contribution in [0.2, 0.25) is 0 Å². The largest absolute Gasteiger partial charge is 0.656 e. The molecule has 0 fully saturated rings. The smallest absolute Gasteiger partial charge is 0.166 e. The Morgan fingerprint density at radius 2 is 1.01 bits per heavy atom. The Balaban J connectivity index is 0.000000275. The first kappa shape index (κ1) is 72.5. The van der Waals surface area contributed by atoms with E-state index in [0.717, 1.165) is 45.0 Å². The molecule has 8 aromatic heterocycles. The molecule has 9 heterocycles. The molecule has 0 radical (unpaired) electrons. The number of aromatic nitrogens is 9. The standard InChI is InChI=1S/C13H10N2O2.C13H9N2.C12H16N3.C12H10N2O3S.C11H7N4.5Pt/c16-12(10-6-2-1-3-7-10)15-13(17)11-8-4-5-9-14-11;1-2-6-11-10(5-1)9-13(15-11)12-7-3-4-8-14-12;1-11(2)12(3,4)15-10(14-11)9-7-5-6-8-13-9;15-12(11-8-4-5-9-13-11)14-18-17-16-10-6-2-1-3-7-10;1-2-6-12-8(4-1)11-14-9-5-3-7-13-10(9)15-11;;;;;/h1-9H,(H,15,16,17);1-9H;5-8H,1-4H3;1-9H,(H,14,15);1-7H;;;;;/q;2*-1;;-1;;;;;/p-2. The molecule has 12 rings (SSSR count). The van der Waals surface area contributed by atoms with Crippen molar-refractivity contribution in [3.8, 4) is 28.7 Å². The average molecular weight is 2050 g/mol. The van der Waals surface area contributed by atoms with Gasteiger partial charge in [-0.3, -0.25) is 24.9 Å². The third-order valence-corrected chi connectivity index (χ3v) is 12.0. The van der Waals surface area contributed by atoms with Gasteiger partial charge < -0.3 is 59.6 Å². The summed E-state index contributed by atoms with van der Waals surface area (Å²) < 4.78 is 8.29. The van der Waals surface area contributed by atoms with Gasteiger partial charge in [-0.2, -0.15) is 0 Å². The normalized spacial score (nSPS) is 11.6. The molecule has 3 amide bonds. The monoisotopic (exact) mass is 2050 g/mol. The van der Waals surface area contributed by atoms with Crippen molar-refractivity contribution in [3.63, 3.8) is 0 Å². The predicted octanol–water partition coefficient (Wildman–Crippen LogP) is 12.9. The van der Waals surface area contributed by atoms with Crippen LogP contribution >= 0.6 is 12.2 Å². The molecule has 1 aliphatic rings. The molecule has 0 N–H and O–H groups in total. The topological polar surface area (TPSA) is 243 Å². The minimum atomic E-state index is -0.626. The number of carbonyl (C=O) groups excluding carboxylic acids is 3. The van der Waals surface area contributed by atoms with E-state index in [1.165, 1.54) is 18.5 Å². The van der Waals surface area contributed by atoms with Crippen LogP contribution < -0.4 is 14.9 Å². The van der Waals surface area contributed by atoms with Crippen molar-refractivity contribution in [1.82, 2.24) is 44.9 Å². The second-order valence-electron chi connectivity index (χ2n) is 17.9. The molecule has 0 aliphatic carbocycles. The van der Waals surface area contributed by atoms with Gasteiger partial charge in [0.15, 0.2) is 5.75 Å². The van der Waals surface area contributed by atoms with Crippen LogP contribution in [0.15, 0.2) is 236 Å². The zero-order valence-electron chi connectivity index (χ0n) is 45.3.